The first-order chi connectivity index (χ1) is 9.55. The zero-order valence-electron chi connectivity index (χ0n) is 12.1. The van der Waals surface area contributed by atoms with Crippen LogP contribution >= 0.6 is 0 Å². The number of aliphatic hydroxyl groups is 1. The molecule has 0 amide bonds. The van der Waals surface area contributed by atoms with Crippen molar-refractivity contribution in [1.29, 1.82) is 0 Å². The molecule has 0 heterocycles. The summed E-state index contributed by atoms with van der Waals surface area (Å²) in [6.45, 7) is 2.59. The highest BCUT2D eigenvalue weighted by atomic mass is 16.3. The largest absolute Gasteiger partial charge is 0.390 e. The minimum atomic E-state index is -0.518. The Labute approximate surface area is 120 Å². The van der Waals surface area contributed by atoms with E-state index in [4.69, 9.17) is 5.73 Å². The van der Waals surface area contributed by atoms with Crippen LogP contribution in [0.4, 0.5) is 0 Å². The molecular formula is C18H23NO. The predicted octanol–water partition coefficient (Wildman–Crippen LogP) is 3.36. The van der Waals surface area contributed by atoms with Crippen molar-refractivity contribution in [3.05, 3.63) is 48.0 Å². The number of nitrogens with two attached hydrogens (primary N) is 1. The molecule has 2 nitrogen and oxygen atoms in total. The summed E-state index contributed by atoms with van der Waals surface area (Å²) in [4.78, 5) is 0. The van der Waals surface area contributed by atoms with E-state index >= 15 is 0 Å². The van der Waals surface area contributed by atoms with E-state index in [0.717, 1.165) is 25.7 Å². The standard InChI is InChI=1S/C18H23NO/c1-17(20)8-10-18(13-19,11-9-17)16-7-6-14-4-2-3-5-15(14)12-16/h2-7,12,20H,8-11,13,19H2,1H3. The van der Waals surface area contributed by atoms with E-state index in [1.807, 2.05) is 6.92 Å². The van der Waals surface area contributed by atoms with Gasteiger partial charge in [-0.2, -0.15) is 0 Å². The Hall–Kier alpha value is -1.38. The summed E-state index contributed by atoms with van der Waals surface area (Å²) in [6.07, 6.45) is 3.59. The van der Waals surface area contributed by atoms with Gasteiger partial charge in [-0.15, -0.1) is 0 Å². The molecule has 20 heavy (non-hydrogen) atoms. The quantitative estimate of drug-likeness (QED) is 0.878. The highest BCUT2D eigenvalue weighted by Crippen LogP contribution is 2.43. The third-order valence-electron chi connectivity index (χ3n) is 5.04. The van der Waals surface area contributed by atoms with Gasteiger partial charge in [0.2, 0.25) is 0 Å². The van der Waals surface area contributed by atoms with Crippen LogP contribution in [0.5, 0.6) is 0 Å². The molecule has 0 spiro atoms. The van der Waals surface area contributed by atoms with Gasteiger partial charge in [0, 0.05) is 12.0 Å². The van der Waals surface area contributed by atoms with E-state index in [-0.39, 0.29) is 5.41 Å². The Morgan fingerprint density at radius 1 is 1.00 bits per heavy atom. The summed E-state index contributed by atoms with van der Waals surface area (Å²) >= 11 is 0. The summed E-state index contributed by atoms with van der Waals surface area (Å²) in [7, 11) is 0. The molecule has 0 aliphatic heterocycles. The normalized spacial score (nSPS) is 30.6. The van der Waals surface area contributed by atoms with Crippen LogP contribution in [0.3, 0.4) is 0 Å². The molecular weight excluding hydrogens is 246 g/mol. The van der Waals surface area contributed by atoms with Gasteiger partial charge >= 0.3 is 0 Å². The highest BCUT2D eigenvalue weighted by molar-refractivity contribution is 5.83. The molecule has 0 aromatic heterocycles. The second-order valence-corrected chi connectivity index (χ2v) is 6.54. The molecule has 106 valence electrons. The highest BCUT2D eigenvalue weighted by Gasteiger charge is 2.39. The molecule has 1 fully saturated rings. The molecule has 2 aromatic rings. The first-order valence-electron chi connectivity index (χ1n) is 7.47. The zero-order valence-corrected chi connectivity index (χ0v) is 12.1. The molecule has 3 N–H and O–H groups in total. The number of fused-ring (bicyclic) bond motifs is 1. The lowest BCUT2D eigenvalue weighted by Gasteiger charge is -2.42. The molecule has 3 rings (SSSR count). The molecule has 0 unspecified atom stereocenters. The molecule has 0 atom stereocenters. The monoisotopic (exact) mass is 269 g/mol. The van der Waals surface area contributed by atoms with Crippen LogP contribution in [-0.4, -0.2) is 17.3 Å². The van der Waals surface area contributed by atoms with E-state index in [2.05, 4.69) is 42.5 Å². The van der Waals surface area contributed by atoms with Gasteiger partial charge < -0.3 is 10.8 Å². The maximum absolute atomic E-state index is 10.2. The molecule has 0 bridgehead atoms. The maximum Gasteiger partial charge on any atom is 0.0620 e. The summed E-state index contributed by atoms with van der Waals surface area (Å²) in [5, 5.41) is 12.7. The van der Waals surface area contributed by atoms with Gasteiger partial charge in [0.1, 0.15) is 0 Å². The van der Waals surface area contributed by atoms with Gasteiger partial charge in [-0.3, -0.25) is 0 Å². The van der Waals surface area contributed by atoms with Gasteiger partial charge in [-0.1, -0.05) is 42.5 Å². The Bertz CT molecular complexity index is 608. The first-order valence-corrected chi connectivity index (χ1v) is 7.47. The van der Waals surface area contributed by atoms with E-state index in [1.165, 1.54) is 16.3 Å². The molecule has 1 aliphatic rings. The average molecular weight is 269 g/mol. The number of rotatable bonds is 2. The third kappa shape index (κ3) is 2.34. The second-order valence-electron chi connectivity index (χ2n) is 6.54. The molecule has 0 radical (unpaired) electrons. The zero-order chi connectivity index (χ0) is 14.2. The van der Waals surface area contributed by atoms with Gasteiger partial charge in [-0.05, 0) is 48.9 Å². The van der Waals surface area contributed by atoms with Crippen molar-refractivity contribution >= 4 is 10.8 Å². The third-order valence-corrected chi connectivity index (χ3v) is 5.04. The first kappa shape index (κ1) is 13.6. The number of hydrogen-bond acceptors (Lipinski definition) is 2. The minimum Gasteiger partial charge on any atom is -0.390 e. The van der Waals surface area contributed by atoms with Crippen molar-refractivity contribution in [2.45, 2.75) is 43.6 Å². The van der Waals surface area contributed by atoms with Crippen LogP contribution in [0.2, 0.25) is 0 Å². The van der Waals surface area contributed by atoms with E-state index in [9.17, 15) is 5.11 Å². The minimum absolute atomic E-state index is 0.0340. The fourth-order valence-corrected chi connectivity index (χ4v) is 3.40. The SMILES string of the molecule is CC1(O)CCC(CN)(c2ccc3ccccc3c2)CC1. The summed E-state index contributed by atoms with van der Waals surface area (Å²) in [5.41, 5.74) is 6.96. The van der Waals surface area contributed by atoms with Crippen molar-refractivity contribution in [3.63, 3.8) is 0 Å². The second kappa shape index (κ2) is 4.87. The lowest BCUT2D eigenvalue weighted by Crippen LogP contribution is -2.43. The molecule has 1 aliphatic carbocycles. The van der Waals surface area contributed by atoms with Gasteiger partial charge in [0.25, 0.3) is 0 Å². The lowest BCUT2D eigenvalue weighted by molar-refractivity contribution is 0.00146. The van der Waals surface area contributed by atoms with E-state index in [0.29, 0.717) is 6.54 Å². The van der Waals surface area contributed by atoms with Crippen LogP contribution in [0, 0.1) is 0 Å². The van der Waals surface area contributed by atoms with Crippen molar-refractivity contribution < 1.29 is 5.11 Å². The van der Waals surface area contributed by atoms with Crippen molar-refractivity contribution in [2.75, 3.05) is 6.54 Å². The lowest BCUT2D eigenvalue weighted by atomic mass is 9.65. The fourth-order valence-electron chi connectivity index (χ4n) is 3.40. The average Bonchev–Trinajstić information content (AvgIpc) is 2.47. The Kier molecular flexibility index (Phi) is 3.31. The van der Waals surface area contributed by atoms with Crippen LogP contribution in [0.25, 0.3) is 10.8 Å². The Morgan fingerprint density at radius 2 is 1.65 bits per heavy atom. The van der Waals surface area contributed by atoms with Crippen LogP contribution in [-0.2, 0) is 5.41 Å². The van der Waals surface area contributed by atoms with E-state index < -0.39 is 5.60 Å². The smallest absolute Gasteiger partial charge is 0.0620 e. The van der Waals surface area contributed by atoms with Gasteiger partial charge in [-0.25, -0.2) is 0 Å². The molecule has 0 saturated heterocycles. The summed E-state index contributed by atoms with van der Waals surface area (Å²) < 4.78 is 0. The summed E-state index contributed by atoms with van der Waals surface area (Å²) in [6, 6.07) is 15.1. The molecule has 1 saturated carbocycles. The van der Waals surface area contributed by atoms with Gasteiger partial charge in [0.05, 0.1) is 5.60 Å². The van der Waals surface area contributed by atoms with Crippen LogP contribution in [0.1, 0.15) is 38.2 Å². The van der Waals surface area contributed by atoms with Crippen LogP contribution < -0.4 is 5.73 Å². The number of hydrogen-bond donors (Lipinski definition) is 2. The van der Waals surface area contributed by atoms with E-state index in [1.54, 1.807) is 0 Å². The number of benzene rings is 2. The topological polar surface area (TPSA) is 46.2 Å². The maximum atomic E-state index is 10.2. The molecule has 2 aromatic carbocycles. The predicted molar refractivity (Wildman–Crippen MR) is 83.8 cm³/mol. The van der Waals surface area contributed by atoms with Crippen LogP contribution in [0.15, 0.2) is 42.5 Å². The Balaban J connectivity index is 1.99. The van der Waals surface area contributed by atoms with Crippen molar-refractivity contribution in [2.24, 2.45) is 5.73 Å². The molecule has 2 heteroatoms. The summed E-state index contributed by atoms with van der Waals surface area (Å²) in [5.74, 6) is 0. The van der Waals surface area contributed by atoms with Crippen molar-refractivity contribution in [1.82, 2.24) is 0 Å². The van der Waals surface area contributed by atoms with Gasteiger partial charge in [0.15, 0.2) is 0 Å². The fraction of sp³-hybridized carbons (Fsp3) is 0.444. The Morgan fingerprint density at radius 3 is 2.30 bits per heavy atom. The van der Waals surface area contributed by atoms with Crippen molar-refractivity contribution in [3.8, 4) is 0 Å².